The molecule has 64 heavy (non-hydrogen) atoms. The first-order valence-corrected chi connectivity index (χ1v) is 22.3. The summed E-state index contributed by atoms with van der Waals surface area (Å²) in [5.74, 6) is 0. The van der Waals surface area contributed by atoms with Crippen molar-refractivity contribution in [2.24, 2.45) is 0 Å². The number of hydrogen-bond donors (Lipinski definition) is 0. The van der Waals surface area contributed by atoms with Gasteiger partial charge in [-0.25, -0.2) is 0 Å². The third kappa shape index (κ3) is 6.68. The zero-order valence-electron chi connectivity index (χ0n) is 35.4. The summed E-state index contributed by atoms with van der Waals surface area (Å²) >= 11 is 0. The van der Waals surface area contributed by atoms with Gasteiger partial charge in [0.25, 0.3) is 0 Å². The molecule has 0 atom stereocenters. The Morgan fingerprint density at radius 1 is 0.250 bits per heavy atom. The Labute approximate surface area is 373 Å². The topological polar surface area (TPSA) is 9.86 Å². The van der Waals surface area contributed by atoms with Crippen LogP contribution in [0.1, 0.15) is 22.3 Å². The van der Waals surface area contributed by atoms with Crippen molar-refractivity contribution in [2.45, 2.75) is 12.8 Å². The summed E-state index contributed by atoms with van der Waals surface area (Å²) in [4.78, 5) is 0. The lowest BCUT2D eigenvalue weighted by Crippen LogP contribution is -1.99. The molecule has 0 unspecified atom stereocenters. The van der Waals surface area contributed by atoms with Crippen LogP contribution in [0.2, 0.25) is 0 Å². The van der Waals surface area contributed by atoms with Gasteiger partial charge in [-0.15, -0.1) is 0 Å². The predicted molar refractivity (Wildman–Crippen MR) is 270 cm³/mol. The molecule has 2 heteroatoms. The van der Waals surface area contributed by atoms with Gasteiger partial charge in [0.15, 0.2) is 0 Å². The first-order valence-electron chi connectivity index (χ1n) is 22.3. The summed E-state index contributed by atoms with van der Waals surface area (Å²) in [6.07, 6.45) is 1.70. The van der Waals surface area contributed by atoms with Gasteiger partial charge in [-0.2, -0.15) is 0 Å². The van der Waals surface area contributed by atoms with Gasteiger partial charge in [-0.3, -0.25) is 0 Å². The molecule has 12 aromatic rings. The molecule has 10 aromatic carbocycles. The molecule has 12 rings (SSSR count). The summed E-state index contributed by atoms with van der Waals surface area (Å²) in [6.45, 7) is 0. The largest absolute Gasteiger partial charge is 0.309 e. The molecule has 0 radical (unpaired) electrons. The van der Waals surface area contributed by atoms with Crippen LogP contribution in [-0.4, -0.2) is 9.13 Å². The molecular weight excluding hydrogens is 773 g/mol. The van der Waals surface area contributed by atoms with E-state index in [1.54, 1.807) is 0 Å². The Kier molecular flexibility index (Phi) is 9.34. The minimum absolute atomic E-state index is 0.831. The van der Waals surface area contributed by atoms with Crippen LogP contribution in [-0.2, 0) is 12.8 Å². The van der Waals surface area contributed by atoms with Gasteiger partial charge in [-0.1, -0.05) is 176 Å². The van der Waals surface area contributed by atoms with Gasteiger partial charge < -0.3 is 9.13 Å². The smallest absolute Gasteiger partial charge is 0.0544 e. The van der Waals surface area contributed by atoms with Crippen molar-refractivity contribution in [3.8, 4) is 44.8 Å². The van der Waals surface area contributed by atoms with E-state index >= 15 is 0 Å². The third-order valence-electron chi connectivity index (χ3n) is 13.0. The van der Waals surface area contributed by atoms with Crippen molar-refractivity contribution >= 4 is 43.6 Å². The number of hydrogen-bond acceptors (Lipinski definition) is 0. The van der Waals surface area contributed by atoms with Gasteiger partial charge in [0.2, 0.25) is 0 Å². The minimum atomic E-state index is 0.831. The number of fused-ring (bicyclic) bond motifs is 6. The lowest BCUT2D eigenvalue weighted by atomic mass is 9.88. The van der Waals surface area contributed by atoms with E-state index in [0.29, 0.717) is 0 Å². The molecule has 0 aliphatic carbocycles. The molecule has 2 nitrogen and oxygen atoms in total. The number of para-hydroxylation sites is 2. The molecule has 0 N–H and O–H groups in total. The van der Waals surface area contributed by atoms with E-state index in [0.717, 1.165) is 24.2 Å². The van der Waals surface area contributed by atoms with Gasteiger partial charge in [0.1, 0.15) is 0 Å². The van der Waals surface area contributed by atoms with Crippen molar-refractivity contribution in [3.05, 3.63) is 265 Å². The van der Waals surface area contributed by atoms with Crippen molar-refractivity contribution in [1.82, 2.24) is 9.13 Å². The molecule has 0 spiro atoms. The molecule has 2 aromatic heterocycles. The minimum Gasteiger partial charge on any atom is -0.309 e. The molecule has 0 amide bonds. The SMILES string of the molecule is c1ccc(Cc2ccccc2-c2cc3c4cc(-c5ccc6c(c5)c5ccccc5n6-c5cccc(-c6ccccc6)c5)ccc4n(-c4ccccc4)c3cc2Cc2ccccc2)cc1. The highest BCUT2D eigenvalue weighted by atomic mass is 15.0. The maximum Gasteiger partial charge on any atom is 0.0544 e. The summed E-state index contributed by atoms with van der Waals surface area (Å²) in [6, 6.07) is 89.0. The van der Waals surface area contributed by atoms with Crippen LogP contribution in [0.4, 0.5) is 0 Å². The second-order valence-corrected chi connectivity index (χ2v) is 16.9. The maximum absolute atomic E-state index is 2.49. The molecule has 0 saturated heterocycles. The molecule has 2 heterocycles. The van der Waals surface area contributed by atoms with E-state index in [4.69, 9.17) is 0 Å². The molecule has 302 valence electrons. The second-order valence-electron chi connectivity index (χ2n) is 16.9. The number of nitrogens with zero attached hydrogens (tertiary/aromatic N) is 2. The first-order chi connectivity index (χ1) is 31.7. The highest BCUT2D eigenvalue weighted by molar-refractivity contribution is 6.13. The molecular formula is C62H44N2. The summed E-state index contributed by atoms with van der Waals surface area (Å²) < 4.78 is 4.88. The quantitative estimate of drug-likeness (QED) is 0.137. The molecule has 0 aliphatic rings. The molecule has 0 fully saturated rings. The fraction of sp³-hybridized carbons (Fsp3) is 0.0323. The average molecular weight is 817 g/mol. The summed E-state index contributed by atoms with van der Waals surface area (Å²) in [5.41, 5.74) is 19.8. The van der Waals surface area contributed by atoms with Crippen LogP contribution in [0.5, 0.6) is 0 Å². The zero-order valence-corrected chi connectivity index (χ0v) is 35.4. The summed E-state index contributed by atoms with van der Waals surface area (Å²) in [5, 5.41) is 4.98. The van der Waals surface area contributed by atoms with E-state index in [9.17, 15) is 0 Å². The molecule has 0 bridgehead atoms. The lowest BCUT2D eigenvalue weighted by Gasteiger charge is -2.16. The van der Waals surface area contributed by atoms with E-state index in [1.165, 1.54) is 99.2 Å². The Morgan fingerprint density at radius 2 is 0.734 bits per heavy atom. The summed E-state index contributed by atoms with van der Waals surface area (Å²) in [7, 11) is 0. The third-order valence-corrected chi connectivity index (χ3v) is 13.0. The molecule has 0 aliphatic heterocycles. The fourth-order valence-electron chi connectivity index (χ4n) is 10.00. The van der Waals surface area contributed by atoms with Crippen LogP contribution in [0.3, 0.4) is 0 Å². The monoisotopic (exact) mass is 816 g/mol. The van der Waals surface area contributed by atoms with Crippen LogP contribution in [0.15, 0.2) is 243 Å². The fourth-order valence-corrected chi connectivity index (χ4v) is 10.00. The standard InChI is InChI=1S/C62H44N2/c1-5-18-43(19-6-1)36-49-24-13-14-29-53(49)55-42-58-57-40-48(33-35-61(57)63(51-26-11-4-12-27-51)62(58)41-50(55)37-44-20-7-2-8-21-44)47-32-34-60-56(39-47)54-30-15-16-31-59(54)64(60)52-28-17-25-46(38-52)45-22-9-3-10-23-45/h1-35,38-42H,36-37H2. The lowest BCUT2D eigenvalue weighted by molar-refractivity contribution is 1.15. The van der Waals surface area contributed by atoms with Crippen molar-refractivity contribution in [2.75, 3.05) is 0 Å². The number of aromatic nitrogens is 2. The van der Waals surface area contributed by atoms with Gasteiger partial charge in [-0.05, 0) is 135 Å². The Morgan fingerprint density at radius 3 is 1.44 bits per heavy atom. The van der Waals surface area contributed by atoms with E-state index < -0.39 is 0 Å². The normalized spacial score (nSPS) is 11.6. The van der Waals surface area contributed by atoms with Crippen LogP contribution in [0.25, 0.3) is 88.4 Å². The van der Waals surface area contributed by atoms with E-state index in [-0.39, 0.29) is 0 Å². The number of benzene rings is 10. The maximum atomic E-state index is 2.49. The Hall–Kier alpha value is -8.20. The van der Waals surface area contributed by atoms with Crippen molar-refractivity contribution in [3.63, 3.8) is 0 Å². The Balaban J connectivity index is 1.06. The van der Waals surface area contributed by atoms with Gasteiger partial charge in [0, 0.05) is 32.9 Å². The predicted octanol–water partition coefficient (Wildman–Crippen LogP) is 16.1. The second kappa shape index (κ2) is 15.9. The number of rotatable bonds is 9. The van der Waals surface area contributed by atoms with E-state index in [1.807, 2.05) is 0 Å². The molecule has 0 saturated carbocycles. The van der Waals surface area contributed by atoms with Crippen LogP contribution >= 0.6 is 0 Å². The highest BCUT2D eigenvalue weighted by Gasteiger charge is 2.20. The van der Waals surface area contributed by atoms with Crippen LogP contribution < -0.4 is 0 Å². The van der Waals surface area contributed by atoms with Crippen molar-refractivity contribution in [1.29, 1.82) is 0 Å². The average Bonchev–Trinajstić information content (AvgIpc) is 3.86. The van der Waals surface area contributed by atoms with Gasteiger partial charge >= 0.3 is 0 Å². The van der Waals surface area contributed by atoms with E-state index in [2.05, 4.69) is 252 Å². The first kappa shape index (κ1) is 37.6. The Bertz CT molecular complexity index is 3640. The van der Waals surface area contributed by atoms with Crippen LogP contribution in [0, 0.1) is 0 Å². The van der Waals surface area contributed by atoms with Crippen molar-refractivity contribution < 1.29 is 0 Å². The zero-order chi connectivity index (χ0) is 42.4. The van der Waals surface area contributed by atoms with Gasteiger partial charge in [0.05, 0.1) is 22.1 Å². The highest BCUT2D eigenvalue weighted by Crippen LogP contribution is 2.42.